The summed E-state index contributed by atoms with van der Waals surface area (Å²) < 4.78 is 0. The predicted octanol–water partition coefficient (Wildman–Crippen LogP) is 5.78. The first-order chi connectivity index (χ1) is 15.6. The number of hydrogen-bond donors (Lipinski definition) is 3. The van der Waals surface area contributed by atoms with Crippen molar-refractivity contribution < 1.29 is 14.7 Å². The van der Waals surface area contributed by atoms with Crippen molar-refractivity contribution in [3.05, 3.63) is 63.6 Å². The van der Waals surface area contributed by atoms with Gasteiger partial charge in [0.25, 0.3) is 0 Å². The molecule has 2 atom stereocenters. The topological polar surface area (TPSA) is 81.7 Å². The largest absolute Gasteiger partial charge is 0.386 e. The number of aliphatic hydroxyl groups is 1. The van der Waals surface area contributed by atoms with Gasteiger partial charge in [0.15, 0.2) is 0 Å². The predicted molar refractivity (Wildman–Crippen MR) is 133 cm³/mol. The maximum absolute atomic E-state index is 13.0. The summed E-state index contributed by atoms with van der Waals surface area (Å²) in [5, 5.41) is 17.6. The first kappa shape index (κ1) is 25.3. The number of urea groups is 1. The average molecular weight is 492 g/mol. The summed E-state index contributed by atoms with van der Waals surface area (Å²) in [7, 11) is 0. The molecule has 178 valence electrons. The van der Waals surface area contributed by atoms with Crippen molar-refractivity contribution >= 4 is 40.8 Å². The quantitative estimate of drug-likeness (QED) is 0.495. The Labute approximate surface area is 205 Å². The van der Waals surface area contributed by atoms with Crippen molar-refractivity contribution in [1.29, 1.82) is 0 Å². The van der Waals surface area contributed by atoms with E-state index in [0.717, 1.165) is 18.4 Å². The molecule has 1 aliphatic rings. The molecule has 0 unspecified atom stereocenters. The number of carbonyl (C=O) groups excluding carboxylic acids is 2. The fourth-order valence-corrected chi connectivity index (χ4v) is 4.11. The van der Waals surface area contributed by atoms with Crippen molar-refractivity contribution in [3.63, 3.8) is 0 Å². The van der Waals surface area contributed by atoms with Gasteiger partial charge in [0.2, 0.25) is 5.91 Å². The molecule has 3 amide bonds. The zero-order valence-corrected chi connectivity index (χ0v) is 20.7. The second-order valence-corrected chi connectivity index (χ2v) is 10.2. The maximum Gasteiger partial charge on any atom is 0.322 e. The van der Waals surface area contributed by atoms with E-state index in [0.29, 0.717) is 40.8 Å². The molecular formula is C25H31Cl2N3O3. The summed E-state index contributed by atoms with van der Waals surface area (Å²) in [6.07, 6.45) is 1.65. The molecule has 1 aliphatic heterocycles. The molecule has 1 heterocycles. The summed E-state index contributed by atoms with van der Waals surface area (Å²) in [5.74, 6) is -0.0171. The van der Waals surface area contributed by atoms with Crippen molar-refractivity contribution in [2.24, 2.45) is 5.41 Å². The first-order valence-electron chi connectivity index (χ1n) is 11.1. The summed E-state index contributed by atoms with van der Waals surface area (Å²) >= 11 is 12.1. The smallest absolute Gasteiger partial charge is 0.322 e. The zero-order valence-electron chi connectivity index (χ0n) is 19.2. The molecular weight excluding hydrogens is 461 g/mol. The third kappa shape index (κ3) is 6.62. The van der Waals surface area contributed by atoms with E-state index in [1.54, 1.807) is 23.1 Å². The third-order valence-corrected chi connectivity index (χ3v) is 6.54. The molecule has 2 aromatic carbocycles. The Morgan fingerprint density at radius 1 is 1.09 bits per heavy atom. The molecule has 0 radical (unpaired) electrons. The standard InChI is InChI=1S/C25H31Cl2N3O3/c1-25(2,3)23(32)28-15-16-7-10-18(11-8-16)29-24(33)30-13-5-4-6-21(30)22(31)17-9-12-19(26)20(27)14-17/h7-12,14,21-22,31H,4-6,13,15H2,1-3H3,(H,28,32)(H,29,33)/t21-,22-/m0/s1. The Morgan fingerprint density at radius 3 is 2.42 bits per heavy atom. The number of nitrogens with zero attached hydrogens (tertiary/aromatic N) is 1. The van der Waals surface area contributed by atoms with Crippen molar-refractivity contribution in [1.82, 2.24) is 10.2 Å². The van der Waals surface area contributed by atoms with Gasteiger partial charge in [-0.25, -0.2) is 4.79 Å². The molecule has 3 rings (SSSR count). The molecule has 6 nitrogen and oxygen atoms in total. The number of likely N-dealkylation sites (tertiary alicyclic amines) is 1. The van der Waals surface area contributed by atoms with E-state index in [4.69, 9.17) is 23.2 Å². The number of halogens is 2. The van der Waals surface area contributed by atoms with Crippen LogP contribution in [0.4, 0.5) is 10.5 Å². The van der Waals surface area contributed by atoms with Gasteiger partial charge in [-0.15, -0.1) is 0 Å². The fourth-order valence-electron chi connectivity index (χ4n) is 3.80. The molecule has 0 bridgehead atoms. The number of hydrogen-bond acceptors (Lipinski definition) is 3. The van der Waals surface area contributed by atoms with Crippen LogP contribution in [-0.2, 0) is 11.3 Å². The molecule has 0 saturated carbocycles. The lowest BCUT2D eigenvalue weighted by molar-refractivity contribution is -0.128. The lowest BCUT2D eigenvalue weighted by atomic mass is 9.93. The van der Waals surface area contributed by atoms with E-state index in [-0.39, 0.29) is 18.0 Å². The van der Waals surface area contributed by atoms with Gasteiger partial charge >= 0.3 is 6.03 Å². The van der Waals surface area contributed by atoms with E-state index < -0.39 is 11.5 Å². The minimum absolute atomic E-state index is 0.0171. The lowest BCUT2D eigenvalue weighted by Gasteiger charge is -2.38. The molecule has 33 heavy (non-hydrogen) atoms. The highest BCUT2D eigenvalue weighted by Crippen LogP contribution is 2.32. The van der Waals surface area contributed by atoms with E-state index in [1.165, 1.54) is 0 Å². The highest BCUT2D eigenvalue weighted by Gasteiger charge is 2.33. The number of piperidine rings is 1. The Hall–Kier alpha value is -2.28. The van der Waals surface area contributed by atoms with Crippen molar-refractivity contribution in [3.8, 4) is 0 Å². The second kappa shape index (κ2) is 10.8. The second-order valence-electron chi connectivity index (χ2n) is 9.43. The number of rotatable bonds is 5. The van der Waals surface area contributed by atoms with Crippen LogP contribution >= 0.6 is 23.2 Å². The van der Waals surface area contributed by atoms with Gasteiger partial charge < -0.3 is 20.6 Å². The van der Waals surface area contributed by atoms with E-state index in [2.05, 4.69) is 10.6 Å². The van der Waals surface area contributed by atoms with Gasteiger partial charge in [0, 0.05) is 24.2 Å². The molecule has 0 aromatic heterocycles. The fraction of sp³-hybridized carbons (Fsp3) is 0.440. The minimum Gasteiger partial charge on any atom is -0.386 e. The van der Waals surface area contributed by atoms with Gasteiger partial charge in [0.1, 0.15) is 0 Å². The van der Waals surface area contributed by atoms with Crippen LogP contribution in [0.2, 0.25) is 10.0 Å². The summed E-state index contributed by atoms with van der Waals surface area (Å²) in [6, 6.07) is 11.8. The monoisotopic (exact) mass is 491 g/mol. The molecule has 2 aromatic rings. The summed E-state index contributed by atoms with van der Waals surface area (Å²) in [6.45, 7) is 6.59. The summed E-state index contributed by atoms with van der Waals surface area (Å²) in [4.78, 5) is 26.8. The lowest BCUT2D eigenvalue weighted by Crippen LogP contribution is -2.48. The van der Waals surface area contributed by atoms with Crippen LogP contribution in [0.5, 0.6) is 0 Å². The molecule has 0 spiro atoms. The number of carbonyl (C=O) groups is 2. The molecule has 0 aliphatic carbocycles. The van der Waals surface area contributed by atoms with Gasteiger partial charge in [-0.1, -0.05) is 62.2 Å². The van der Waals surface area contributed by atoms with Gasteiger partial charge in [-0.05, 0) is 54.7 Å². The van der Waals surface area contributed by atoms with Gasteiger partial charge in [0.05, 0.1) is 22.2 Å². The summed E-state index contributed by atoms with van der Waals surface area (Å²) in [5.41, 5.74) is 1.78. The zero-order chi connectivity index (χ0) is 24.2. The first-order valence-corrected chi connectivity index (χ1v) is 11.9. The third-order valence-electron chi connectivity index (χ3n) is 5.80. The highest BCUT2D eigenvalue weighted by molar-refractivity contribution is 6.42. The number of anilines is 1. The molecule has 1 saturated heterocycles. The van der Waals surface area contributed by atoms with Gasteiger partial charge in [-0.2, -0.15) is 0 Å². The highest BCUT2D eigenvalue weighted by atomic mass is 35.5. The number of aliphatic hydroxyl groups excluding tert-OH is 1. The minimum atomic E-state index is -0.861. The molecule has 3 N–H and O–H groups in total. The molecule has 8 heteroatoms. The van der Waals surface area contributed by atoms with Crippen LogP contribution in [0.1, 0.15) is 57.3 Å². The average Bonchev–Trinajstić information content (AvgIpc) is 2.79. The van der Waals surface area contributed by atoms with Crippen LogP contribution < -0.4 is 10.6 Å². The van der Waals surface area contributed by atoms with Crippen molar-refractivity contribution in [2.75, 3.05) is 11.9 Å². The van der Waals surface area contributed by atoms with Crippen LogP contribution in [0.3, 0.4) is 0 Å². The van der Waals surface area contributed by atoms with E-state index >= 15 is 0 Å². The SMILES string of the molecule is CC(C)(C)C(=O)NCc1ccc(NC(=O)N2CCCC[C@H]2[C@@H](O)c2ccc(Cl)c(Cl)c2)cc1. The van der Waals surface area contributed by atoms with E-state index in [1.807, 2.05) is 45.0 Å². The van der Waals surface area contributed by atoms with Gasteiger partial charge in [-0.3, -0.25) is 4.79 Å². The Morgan fingerprint density at radius 2 is 1.79 bits per heavy atom. The number of benzene rings is 2. The maximum atomic E-state index is 13.0. The number of nitrogens with one attached hydrogen (secondary N) is 2. The normalized spacial score (nSPS) is 17.4. The van der Waals surface area contributed by atoms with Crippen LogP contribution in [0.15, 0.2) is 42.5 Å². The molecule has 1 fully saturated rings. The van der Waals surface area contributed by atoms with Crippen LogP contribution in [0.25, 0.3) is 0 Å². The van der Waals surface area contributed by atoms with Crippen LogP contribution in [0, 0.1) is 5.41 Å². The number of amides is 3. The van der Waals surface area contributed by atoms with E-state index in [9.17, 15) is 14.7 Å². The van der Waals surface area contributed by atoms with Crippen molar-refractivity contribution in [2.45, 2.75) is 58.7 Å². The Bertz CT molecular complexity index is 989. The Kier molecular flexibility index (Phi) is 8.27. The van der Waals surface area contributed by atoms with Crippen LogP contribution in [-0.4, -0.2) is 34.5 Å². The Balaban J connectivity index is 1.64.